The van der Waals surface area contributed by atoms with Crippen molar-refractivity contribution < 1.29 is 0 Å². The van der Waals surface area contributed by atoms with Gasteiger partial charge in [-0.05, 0) is 233 Å². The number of aryl methyl sites for hydroxylation is 5. The van der Waals surface area contributed by atoms with Gasteiger partial charge in [-0.15, -0.1) is 0 Å². The first-order valence-corrected chi connectivity index (χ1v) is 32.4. The van der Waals surface area contributed by atoms with Gasteiger partial charge in [0.1, 0.15) is 0 Å². The number of nitrogens with zero attached hydrogens (tertiary/aromatic N) is 3. The van der Waals surface area contributed by atoms with Gasteiger partial charge in [0.25, 0.3) is 0 Å². The third-order valence-electron chi connectivity index (χ3n) is 19.3. The zero-order valence-electron chi connectivity index (χ0n) is 51.0. The topological polar surface area (TPSA) is 9.72 Å². The third kappa shape index (κ3) is 11.1. The number of hydrogen-bond donors (Lipinski definition) is 0. The van der Waals surface area contributed by atoms with E-state index >= 15 is 0 Å². The Morgan fingerprint density at radius 2 is 0.621 bits per heavy atom. The van der Waals surface area contributed by atoms with Crippen molar-refractivity contribution >= 4 is 51.2 Å². The second-order valence-electron chi connectivity index (χ2n) is 24.8. The summed E-state index contributed by atoms with van der Waals surface area (Å²) in [6, 6.07) is 96.6. The fraction of sp³-hybridized carbons (Fsp3) is 0.214. The molecule has 11 aromatic rings. The van der Waals surface area contributed by atoms with Crippen molar-refractivity contribution in [3.05, 3.63) is 294 Å². The summed E-state index contributed by atoms with van der Waals surface area (Å²) in [4.78, 5) is 7.38. The van der Waals surface area contributed by atoms with Gasteiger partial charge in [0.05, 0.1) is 0 Å². The highest BCUT2D eigenvalue weighted by Crippen LogP contribution is 2.57. The number of hydrogen-bond acceptors (Lipinski definition) is 3. The number of unbranched alkanes of at least 4 members (excludes halogenated alkanes) is 6. The van der Waals surface area contributed by atoms with Crippen LogP contribution in [-0.4, -0.2) is 0 Å². The van der Waals surface area contributed by atoms with Gasteiger partial charge >= 0.3 is 0 Å². The van der Waals surface area contributed by atoms with Crippen LogP contribution < -0.4 is 14.7 Å². The Bertz CT molecular complexity index is 4190. The van der Waals surface area contributed by atoms with Crippen LogP contribution in [0.3, 0.4) is 0 Å². The van der Waals surface area contributed by atoms with Crippen LogP contribution in [0, 0.1) is 6.92 Å². The van der Waals surface area contributed by atoms with Crippen molar-refractivity contribution in [2.75, 3.05) is 14.7 Å². The normalized spacial score (nSPS) is 13.1. The van der Waals surface area contributed by atoms with Gasteiger partial charge in [-0.2, -0.15) is 0 Å². The van der Waals surface area contributed by atoms with Crippen LogP contribution in [0.5, 0.6) is 0 Å². The minimum atomic E-state index is -0.162. The van der Waals surface area contributed by atoms with E-state index < -0.39 is 0 Å². The molecule has 430 valence electrons. The van der Waals surface area contributed by atoms with Crippen LogP contribution in [0.1, 0.15) is 117 Å². The molecule has 0 spiro atoms. The Morgan fingerprint density at radius 3 is 1.02 bits per heavy atom. The number of anilines is 9. The van der Waals surface area contributed by atoms with Crippen LogP contribution >= 0.6 is 0 Å². The fourth-order valence-corrected chi connectivity index (χ4v) is 14.3. The van der Waals surface area contributed by atoms with Crippen LogP contribution in [0.25, 0.3) is 44.5 Å². The summed E-state index contributed by atoms with van der Waals surface area (Å²) in [5, 5.41) is 0. The van der Waals surface area contributed by atoms with Crippen molar-refractivity contribution in [1.82, 2.24) is 0 Å². The lowest BCUT2D eigenvalue weighted by atomic mass is 9.70. The Hall–Kier alpha value is -9.18. The molecule has 14 rings (SSSR count). The highest BCUT2D eigenvalue weighted by molar-refractivity contribution is 5.90. The maximum atomic E-state index is 2.62. The molecule has 0 saturated carbocycles. The molecule has 3 heteroatoms. The molecule has 0 radical (unpaired) electrons. The molecule has 3 nitrogen and oxygen atoms in total. The van der Waals surface area contributed by atoms with Crippen LogP contribution in [0.15, 0.2) is 255 Å². The molecule has 0 heterocycles. The van der Waals surface area contributed by atoms with Crippen molar-refractivity contribution in [1.29, 1.82) is 0 Å². The second-order valence-corrected chi connectivity index (χ2v) is 24.8. The molecule has 0 aromatic heterocycles. The summed E-state index contributed by atoms with van der Waals surface area (Å²) in [5.74, 6) is 0. The van der Waals surface area contributed by atoms with Gasteiger partial charge < -0.3 is 14.7 Å². The predicted molar refractivity (Wildman–Crippen MR) is 370 cm³/mol. The maximum absolute atomic E-state index is 2.62. The summed E-state index contributed by atoms with van der Waals surface area (Å²) in [7, 11) is 0. The quantitative estimate of drug-likeness (QED) is 0.0626. The highest BCUT2D eigenvalue weighted by Gasteiger charge is 2.43. The molecule has 0 aliphatic heterocycles. The molecule has 0 bridgehead atoms. The average molecular weight is 1130 g/mol. The van der Waals surface area contributed by atoms with Gasteiger partial charge in [-0.25, -0.2) is 0 Å². The van der Waals surface area contributed by atoms with E-state index in [4.69, 9.17) is 0 Å². The van der Waals surface area contributed by atoms with E-state index in [1.165, 1.54) is 177 Å². The van der Waals surface area contributed by atoms with E-state index in [-0.39, 0.29) is 5.41 Å². The lowest BCUT2D eigenvalue weighted by molar-refractivity contribution is 0.401. The summed E-state index contributed by atoms with van der Waals surface area (Å²) in [6.07, 6.45) is 16.8. The zero-order valence-corrected chi connectivity index (χ0v) is 51.0. The van der Waals surface area contributed by atoms with Crippen molar-refractivity contribution in [3.63, 3.8) is 0 Å². The number of rotatable bonds is 22. The van der Waals surface area contributed by atoms with Crippen LogP contribution in [0.2, 0.25) is 0 Å². The van der Waals surface area contributed by atoms with Gasteiger partial charge in [0.15, 0.2) is 0 Å². The molecule has 0 atom stereocenters. The Balaban J connectivity index is 0.858. The van der Waals surface area contributed by atoms with Gasteiger partial charge in [-0.1, -0.05) is 216 Å². The molecule has 0 N–H and O–H groups in total. The van der Waals surface area contributed by atoms with Crippen molar-refractivity contribution in [2.24, 2.45) is 0 Å². The van der Waals surface area contributed by atoms with Crippen molar-refractivity contribution in [3.8, 4) is 44.5 Å². The molecular formula is C84H79N3. The Labute approximate surface area is 517 Å². The molecule has 0 saturated heterocycles. The first kappa shape index (κ1) is 55.7. The Morgan fingerprint density at radius 1 is 0.276 bits per heavy atom. The smallest absolute Gasteiger partial charge is 0.0467 e. The second kappa shape index (κ2) is 24.7. The highest BCUT2D eigenvalue weighted by atomic mass is 15.2. The van der Waals surface area contributed by atoms with Gasteiger partial charge in [0, 0.05) is 56.6 Å². The lowest BCUT2D eigenvalue weighted by Crippen LogP contribution is -2.26. The monoisotopic (exact) mass is 1130 g/mol. The molecular weight excluding hydrogens is 1050 g/mol. The fourth-order valence-electron chi connectivity index (χ4n) is 14.3. The minimum absolute atomic E-state index is 0.162. The minimum Gasteiger partial charge on any atom is -0.310 e. The summed E-state index contributed by atoms with van der Waals surface area (Å²) in [6.45, 7) is 6.86. The molecule has 11 aromatic carbocycles. The Kier molecular flexibility index (Phi) is 15.8. The predicted octanol–water partition coefficient (Wildman–Crippen LogP) is 23.8. The van der Waals surface area contributed by atoms with Gasteiger partial charge in [-0.3, -0.25) is 0 Å². The first-order valence-electron chi connectivity index (χ1n) is 32.4. The van der Waals surface area contributed by atoms with E-state index in [2.05, 4.69) is 290 Å². The van der Waals surface area contributed by atoms with Crippen molar-refractivity contribution in [2.45, 2.75) is 116 Å². The molecule has 0 unspecified atom stereocenters. The third-order valence-corrected chi connectivity index (χ3v) is 19.3. The average Bonchev–Trinajstić information content (AvgIpc) is 1.79. The molecule has 87 heavy (non-hydrogen) atoms. The number of fused-ring (bicyclic) bond motifs is 5. The lowest BCUT2D eigenvalue weighted by Gasteiger charge is -2.35. The SMILES string of the molecule is CCCCCCC1(CCCCCC)c2cc(N(c3ccccc3)c3ccc(C)cc3)ccc2-c2ccc(N(c3ccc(-c4ccc(N(c5ccccc5)c5cccc(-c6ccc7c(c6)CC7)c5)cc4)cc3)c3cccc(-c4ccc5c(c4)CC5)c3)cc21. The first-order chi connectivity index (χ1) is 42.9. The van der Waals surface area contributed by atoms with Crippen LogP contribution in [-0.2, 0) is 31.1 Å². The summed E-state index contributed by atoms with van der Waals surface area (Å²) >= 11 is 0. The zero-order chi connectivity index (χ0) is 58.7. The van der Waals surface area contributed by atoms with E-state index in [0.29, 0.717) is 0 Å². The number of para-hydroxylation sites is 2. The van der Waals surface area contributed by atoms with E-state index in [1.807, 2.05) is 0 Å². The summed E-state index contributed by atoms with van der Waals surface area (Å²) in [5.41, 5.74) is 30.6. The van der Waals surface area contributed by atoms with Crippen LogP contribution in [0.4, 0.5) is 51.2 Å². The van der Waals surface area contributed by atoms with Gasteiger partial charge in [0.2, 0.25) is 0 Å². The molecule has 0 amide bonds. The largest absolute Gasteiger partial charge is 0.310 e. The standard InChI is InChI=1S/C84H79N3/c1-4-6-8-16-52-84(53-17-9-7-5-2)82-58-78(86(72-24-14-11-15-25-72)73-42-28-60(3)29-43-73)48-50-80(82)81-51-49-79(59-83(81)84)87(77-27-19-21-66(57-77)70-37-33-64-31-35-68(64)55-70)75-46-40-62(41-47-75)61-38-44-74(45-39-61)85(71-22-12-10-13-23-71)76-26-18-20-65(56-76)69-36-32-63-30-34-67(63)54-69/h10-15,18-29,32-33,36-51,54-59H,4-9,16-17,30-31,34-35,52-53H2,1-3H3. The molecule has 3 aliphatic rings. The molecule has 0 fully saturated rings. The van der Waals surface area contributed by atoms with E-state index in [0.717, 1.165) is 47.7 Å². The summed E-state index contributed by atoms with van der Waals surface area (Å²) < 4.78 is 0. The molecule has 3 aliphatic carbocycles. The van der Waals surface area contributed by atoms with E-state index in [9.17, 15) is 0 Å². The van der Waals surface area contributed by atoms with E-state index in [1.54, 1.807) is 0 Å². The number of benzene rings is 11. The maximum Gasteiger partial charge on any atom is 0.0467 e.